The van der Waals surface area contributed by atoms with Crippen LogP contribution in [0.4, 0.5) is 5.69 Å². The van der Waals surface area contributed by atoms with Crippen LogP contribution in [0.25, 0.3) is 22.3 Å². The number of fused-ring (bicyclic) bond motifs is 1. The summed E-state index contributed by atoms with van der Waals surface area (Å²) in [6.07, 6.45) is -0.581. The summed E-state index contributed by atoms with van der Waals surface area (Å²) in [5.41, 5.74) is 3.33. The summed E-state index contributed by atoms with van der Waals surface area (Å²) in [7, 11) is 3.07. The quantitative estimate of drug-likeness (QED) is 0.333. The Bertz CT molecular complexity index is 1470. The maximum atomic E-state index is 13.6. The van der Waals surface area contributed by atoms with Gasteiger partial charge in [0, 0.05) is 11.3 Å². The fraction of sp³-hybridized carbons (Fsp3) is 0.241. The lowest BCUT2D eigenvalue weighted by atomic mass is 10.1. The van der Waals surface area contributed by atoms with Crippen LogP contribution in [0.5, 0.6) is 17.2 Å². The molecule has 7 heteroatoms. The van der Waals surface area contributed by atoms with Crippen LogP contribution >= 0.6 is 0 Å². The zero-order chi connectivity index (χ0) is 25.8. The van der Waals surface area contributed by atoms with Crippen LogP contribution in [0.3, 0.4) is 0 Å². The number of anilines is 1. The van der Waals surface area contributed by atoms with Crippen LogP contribution < -0.4 is 25.0 Å². The van der Waals surface area contributed by atoms with Crippen molar-refractivity contribution in [2.75, 3.05) is 19.5 Å². The highest BCUT2D eigenvalue weighted by Gasteiger charge is 2.26. The number of methoxy groups -OCH3 is 2. The second kappa shape index (κ2) is 10.6. The molecular weight excluding hydrogens is 458 g/mol. The first kappa shape index (κ1) is 24.9. The maximum Gasteiger partial charge on any atom is 0.265 e. The summed E-state index contributed by atoms with van der Waals surface area (Å²) in [4.78, 5) is 26.7. The Morgan fingerprint density at radius 3 is 2.42 bits per heavy atom. The number of benzene rings is 3. The molecule has 36 heavy (non-hydrogen) atoms. The van der Waals surface area contributed by atoms with Gasteiger partial charge in [-0.2, -0.15) is 0 Å². The molecule has 0 saturated heterocycles. The third kappa shape index (κ3) is 4.91. The van der Waals surface area contributed by atoms with Gasteiger partial charge in [-0.05, 0) is 62.2 Å². The Hall–Kier alpha value is -4.26. The molecule has 0 aliphatic heterocycles. The molecule has 4 rings (SSSR count). The van der Waals surface area contributed by atoms with Gasteiger partial charge in [0.1, 0.15) is 5.58 Å². The lowest BCUT2D eigenvalue weighted by Gasteiger charge is -2.20. The van der Waals surface area contributed by atoms with E-state index in [1.165, 1.54) is 7.11 Å². The first-order chi connectivity index (χ1) is 17.4. The number of hydrogen-bond acceptors (Lipinski definition) is 6. The first-order valence-electron chi connectivity index (χ1n) is 11.7. The highest BCUT2D eigenvalue weighted by Crippen LogP contribution is 2.37. The normalized spacial score (nSPS) is 11.7. The summed E-state index contributed by atoms with van der Waals surface area (Å²) >= 11 is 0. The summed E-state index contributed by atoms with van der Waals surface area (Å²) < 4.78 is 23.1. The molecule has 1 unspecified atom stereocenters. The summed E-state index contributed by atoms with van der Waals surface area (Å²) in [5, 5.41) is 3.29. The number of amides is 1. The molecule has 1 atom stereocenters. The first-order valence-corrected chi connectivity index (χ1v) is 11.7. The van der Waals surface area contributed by atoms with E-state index >= 15 is 0 Å². The van der Waals surface area contributed by atoms with Crippen LogP contribution in [-0.2, 0) is 4.79 Å². The Morgan fingerprint density at radius 2 is 1.72 bits per heavy atom. The molecule has 4 aromatic rings. The molecule has 0 aliphatic rings. The molecular formula is C29H29NO6. The van der Waals surface area contributed by atoms with Crippen molar-refractivity contribution < 1.29 is 23.4 Å². The Labute approximate surface area is 209 Å². The van der Waals surface area contributed by atoms with Crippen molar-refractivity contribution in [1.29, 1.82) is 0 Å². The van der Waals surface area contributed by atoms with E-state index in [-0.39, 0.29) is 22.8 Å². The number of rotatable bonds is 8. The predicted octanol–water partition coefficient (Wildman–Crippen LogP) is 5.89. The molecule has 1 amide bonds. The molecule has 0 aliphatic carbocycles. The van der Waals surface area contributed by atoms with Gasteiger partial charge < -0.3 is 23.9 Å². The number of hydrogen-bond donors (Lipinski definition) is 1. The highest BCUT2D eigenvalue weighted by atomic mass is 16.5. The molecule has 186 valence electrons. The molecule has 1 N–H and O–H groups in total. The van der Waals surface area contributed by atoms with E-state index in [0.29, 0.717) is 40.1 Å². The average Bonchev–Trinajstić information content (AvgIpc) is 2.89. The number of carbonyl (C=O) groups is 1. The van der Waals surface area contributed by atoms with E-state index < -0.39 is 6.10 Å². The molecule has 0 bridgehead atoms. The minimum Gasteiger partial charge on any atom is -0.493 e. The van der Waals surface area contributed by atoms with Gasteiger partial charge in [-0.25, -0.2) is 0 Å². The maximum absolute atomic E-state index is 13.6. The smallest absolute Gasteiger partial charge is 0.265 e. The number of ether oxygens (including phenoxy) is 3. The number of carbonyl (C=O) groups excluding carboxylic acids is 1. The molecule has 0 radical (unpaired) electrons. The van der Waals surface area contributed by atoms with Crippen molar-refractivity contribution in [3.63, 3.8) is 0 Å². The van der Waals surface area contributed by atoms with Crippen LogP contribution in [0.15, 0.2) is 69.9 Å². The number of para-hydroxylation sites is 1. The molecule has 0 fully saturated rings. The average molecular weight is 488 g/mol. The Morgan fingerprint density at radius 1 is 0.972 bits per heavy atom. The van der Waals surface area contributed by atoms with Gasteiger partial charge in [0.25, 0.3) is 5.91 Å². The van der Waals surface area contributed by atoms with Gasteiger partial charge in [0.15, 0.2) is 23.4 Å². The van der Waals surface area contributed by atoms with E-state index in [1.54, 1.807) is 49.6 Å². The second-order valence-electron chi connectivity index (χ2n) is 8.48. The van der Waals surface area contributed by atoms with Crippen molar-refractivity contribution >= 4 is 22.6 Å². The summed E-state index contributed by atoms with van der Waals surface area (Å²) in [6, 6.07) is 17.9. The van der Waals surface area contributed by atoms with Gasteiger partial charge in [-0.15, -0.1) is 0 Å². The van der Waals surface area contributed by atoms with E-state index in [2.05, 4.69) is 5.32 Å². The van der Waals surface area contributed by atoms with Crippen molar-refractivity contribution in [1.82, 2.24) is 0 Å². The van der Waals surface area contributed by atoms with Crippen LogP contribution in [0, 0.1) is 13.8 Å². The van der Waals surface area contributed by atoms with Crippen molar-refractivity contribution in [3.05, 3.63) is 82.0 Å². The number of nitrogens with one attached hydrogen (secondary N) is 1. The zero-order valence-electron chi connectivity index (χ0n) is 21.0. The van der Waals surface area contributed by atoms with E-state index in [1.807, 2.05) is 39.0 Å². The van der Waals surface area contributed by atoms with E-state index in [9.17, 15) is 9.59 Å². The largest absolute Gasteiger partial charge is 0.493 e. The molecule has 3 aromatic carbocycles. The van der Waals surface area contributed by atoms with E-state index in [4.69, 9.17) is 18.6 Å². The van der Waals surface area contributed by atoms with Crippen molar-refractivity contribution in [2.24, 2.45) is 0 Å². The second-order valence-corrected chi connectivity index (χ2v) is 8.48. The lowest BCUT2D eigenvalue weighted by molar-refractivity contribution is -0.122. The highest BCUT2D eigenvalue weighted by molar-refractivity contribution is 5.95. The van der Waals surface area contributed by atoms with Crippen LogP contribution in [-0.4, -0.2) is 26.2 Å². The summed E-state index contributed by atoms with van der Waals surface area (Å²) in [5.74, 6) is 0.818. The Kier molecular flexibility index (Phi) is 7.29. The summed E-state index contributed by atoms with van der Waals surface area (Å²) in [6.45, 7) is 5.74. The third-order valence-corrected chi connectivity index (χ3v) is 5.97. The fourth-order valence-corrected chi connectivity index (χ4v) is 4.03. The molecule has 7 nitrogen and oxygen atoms in total. The van der Waals surface area contributed by atoms with Gasteiger partial charge in [-0.1, -0.05) is 36.8 Å². The SMILES string of the molecule is CCC(Oc1c(-c2ccc(OC)c(OC)c2)oc2ccccc2c1=O)C(=O)Nc1ccc(C)cc1C. The van der Waals surface area contributed by atoms with Crippen molar-refractivity contribution in [3.8, 4) is 28.6 Å². The molecule has 0 spiro atoms. The standard InChI is InChI=1S/C29H29NO6/c1-6-22(29(32)30-21-13-11-17(2)15-18(21)3)35-28-26(31)20-9-7-8-10-23(20)36-27(28)19-12-14-24(33-4)25(16-19)34-5/h7-16,22H,6H2,1-5H3,(H,30,32). The minimum absolute atomic E-state index is 0.0384. The fourth-order valence-electron chi connectivity index (χ4n) is 4.03. The molecule has 1 heterocycles. The van der Waals surface area contributed by atoms with Crippen molar-refractivity contribution in [2.45, 2.75) is 33.3 Å². The van der Waals surface area contributed by atoms with E-state index in [0.717, 1.165) is 11.1 Å². The minimum atomic E-state index is -0.923. The third-order valence-electron chi connectivity index (χ3n) is 5.97. The van der Waals surface area contributed by atoms with Crippen LogP contribution in [0.2, 0.25) is 0 Å². The van der Waals surface area contributed by atoms with Gasteiger partial charge in [0.2, 0.25) is 11.2 Å². The lowest BCUT2D eigenvalue weighted by Crippen LogP contribution is -2.34. The zero-order valence-corrected chi connectivity index (χ0v) is 21.0. The van der Waals surface area contributed by atoms with Gasteiger partial charge in [0.05, 0.1) is 19.6 Å². The number of aryl methyl sites for hydroxylation is 2. The topological polar surface area (TPSA) is 87.0 Å². The van der Waals surface area contributed by atoms with Crippen LogP contribution in [0.1, 0.15) is 24.5 Å². The van der Waals surface area contributed by atoms with Gasteiger partial charge in [-0.3, -0.25) is 9.59 Å². The van der Waals surface area contributed by atoms with Gasteiger partial charge >= 0.3 is 0 Å². The Balaban J connectivity index is 1.78. The predicted molar refractivity (Wildman–Crippen MR) is 140 cm³/mol. The molecule has 0 saturated carbocycles. The molecule has 1 aromatic heterocycles. The monoisotopic (exact) mass is 487 g/mol.